The van der Waals surface area contributed by atoms with Crippen LogP contribution in [0.1, 0.15) is 28.5 Å². The van der Waals surface area contributed by atoms with Crippen LogP contribution in [0.25, 0.3) is 11.0 Å². The maximum absolute atomic E-state index is 13.0. The van der Waals surface area contributed by atoms with E-state index in [0.29, 0.717) is 34.8 Å². The second-order valence-electron chi connectivity index (χ2n) is 6.26. The quantitative estimate of drug-likeness (QED) is 0.697. The Morgan fingerprint density at radius 2 is 1.68 bits per heavy atom. The van der Waals surface area contributed by atoms with Crippen molar-refractivity contribution in [2.45, 2.75) is 20.8 Å². The highest BCUT2D eigenvalue weighted by Crippen LogP contribution is 2.30. The number of fused-ring (bicyclic) bond motifs is 1. The molecule has 3 aromatic rings. The van der Waals surface area contributed by atoms with E-state index in [4.69, 9.17) is 14.2 Å². The summed E-state index contributed by atoms with van der Waals surface area (Å²) in [5.41, 5.74) is 4.07. The lowest BCUT2D eigenvalue weighted by Crippen LogP contribution is -2.17. The molecule has 1 amide bonds. The molecule has 2 aromatic carbocycles. The fraction of sp³-hybridized carbons (Fsp3) is 0.286. The third kappa shape index (κ3) is 3.83. The molecule has 0 radical (unpaired) electrons. The number of aromatic nitrogens is 2. The molecule has 0 saturated carbocycles. The van der Waals surface area contributed by atoms with Crippen molar-refractivity contribution in [1.29, 1.82) is 0 Å². The normalized spacial score (nSPS) is 10.6. The van der Waals surface area contributed by atoms with Gasteiger partial charge in [-0.05, 0) is 56.2 Å². The Labute approximate surface area is 163 Å². The van der Waals surface area contributed by atoms with Crippen LogP contribution in [0, 0.1) is 13.8 Å². The standard InChI is InChI=1S/C21H23N3O4/c1-6-28-21-19(22-15-9-12(2)13(3)10-16(15)24-21)20(25)23-17-11-14(26-4)7-8-18(17)27-5/h7-11H,6H2,1-5H3,(H,23,25). The summed E-state index contributed by atoms with van der Waals surface area (Å²) in [6.07, 6.45) is 0. The Hall–Kier alpha value is -3.35. The van der Waals surface area contributed by atoms with Crippen LogP contribution in [0.3, 0.4) is 0 Å². The van der Waals surface area contributed by atoms with Gasteiger partial charge in [0.25, 0.3) is 5.91 Å². The summed E-state index contributed by atoms with van der Waals surface area (Å²) in [5, 5.41) is 2.82. The molecule has 1 aromatic heterocycles. The van der Waals surface area contributed by atoms with E-state index in [1.165, 1.54) is 7.11 Å². The molecule has 0 spiro atoms. The predicted molar refractivity (Wildman–Crippen MR) is 108 cm³/mol. The number of methoxy groups -OCH3 is 2. The lowest BCUT2D eigenvalue weighted by molar-refractivity contribution is 0.101. The lowest BCUT2D eigenvalue weighted by atomic mass is 10.1. The molecule has 0 atom stereocenters. The number of benzene rings is 2. The Morgan fingerprint density at radius 1 is 1.00 bits per heavy atom. The SMILES string of the molecule is CCOc1nc2cc(C)c(C)cc2nc1C(=O)Nc1cc(OC)ccc1OC. The zero-order valence-corrected chi connectivity index (χ0v) is 16.6. The van der Waals surface area contributed by atoms with Crippen molar-refractivity contribution in [3.05, 3.63) is 47.2 Å². The molecular formula is C21H23N3O4. The van der Waals surface area contributed by atoms with Crippen molar-refractivity contribution in [1.82, 2.24) is 9.97 Å². The molecule has 0 aliphatic heterocycles. The Bertz CT molecular complexity index is 1030. The van der Waals surface area contributed by atoms with Crippen LogP contribution in [0.2, 0.25) is 0 Å². The monoisotopic (exact) mass is 381 g/mol. The Kier molecular flexibility index (Phi) is 5.63. The van der Waals surface area contributed by atoms with Crippen molar-refractivity contribution in [2.75, 3.05) is 26.1 Å². The highest BCUT2D eigenvalue weighted by molar-refractivity contribution is 6.06. The van der Waals surface area contributed by atoms with E-state index in [0.717, 1.165) is 11.1 Å². The maximum Gasteiger partial charge on any atom is 0.280 e. The molecule has 0 aliphatic carbocycles. The van der Waals surface area contributed by atoms with E-state index < -0.39 is 5.91 Å². The highest BCUT2D eigenvalue weighted by Gasteiger charge is 2.20. The third-order valence-corrected chi connectivity index (χ3v) is 4.40. The molecule has 1 N–H and O–H groups in total. The molecule has 0 bridgehead atoms. The fourth-order valence-electron chi connectivity index (χ4n) is 2.77. The first-order valence-electron chi connectivity index (χ1n) is 8.92. The van der Waals surface area contributed by atoms with E-state index in [-0.39, 0.29) is 11.6 Å². The summed E-state index contributed by atoms with van der Waals surface area (Å²) < 4.78 is 16.1. The number of nitrogens with zero attached hydrogens (tertiary/aromatic N) is 2. The topological polar surface area (TPSA) is 82.6 Å². The van der Waals surface area contributed by atoms with Crippen LogP contribution >= 0.6 is 0 Å². The average molecular weight is 381 g/mol. The largest absolute Gasteiger partial charge is 0.497 e. The number of ether oxygens (including phenoxy) is 3. The van der Waals surface area contributed by atoms with Gasteiger partial charge in [0.1, 0.15) is 11.5 Å². The first kappa shape index (κ1) is 19.4. The number of amides is 1. The number of carbonyl (C=O) groups excluding carboxylic acids is 1. The van der Waals surface area contributed by atoms with Crippen LogP contribution < -0.4 is 19.5 Å². The van der Waals surface area contributed by atoms with Gasteiger partial charge in [-0.3, -0.25) is 4.79 Å². The first-order valence-corrected chi connectivity index (χ1v) is 8.92. The van der Waals surface area contributed by atoms with E-state index in [2.05, 4.69) is 15.3 Å². The van der Waals surface area contributed by atoms with Gasteiger partial charge in [0, 0.05) is 6.07 Å². The van der Waals surface area contributed by atoms with Crippen molar-refractivity contribution in [3.63, 3.8) is 0 Å². The minimum Gasteiger partial charge on any atom is -0.497 e. The van der Waals surface area contributed by atoms with E-state index >= 15 is 0 Å². The molecular weight excluding hydrogens is 358 g/mol. The predicted octanol–water partition coefficient (Wildman–Crippen LogP) is 3.91. The van der Waals surface area contributed by atoms with Crippen LogP contribution in [-0.4, -0.2) is 36.7 Å². The minimum atomic E-state index is -0.442. The summed E-state index contributed by atoms with van der Waals surface area (Å²) >= 11 is 0. The van der Waals surface area contributed by atoms with Gasteiger partial charge < -0.3 is 19.5 Å². The molecule has 3 rings (SSSR count). The summed E-state index contributed by atoms with van der Waals surface area (Å²) in [7, 11) is 3.09. The van der Waals surface area contributed by atoms with E-state index in [1.807, 2.05) is 32.9 Å². The van der Waals surface area contributed by atoms with Gasteiger partial charge in [0.15, 0.2) is 5.69 Å². The van der Waals surface area contributed by atoms with Gasteiger partial charge in [0.05, 0.1) is 37.5 Å². The van der Waals surface area contributed by atoms with E-state index in [1.54, 1.807) is 25.3 Å². The number of nitrogens with one attached hydrogen (secondary N) is 1. The summed E-state index contributed by atoms with van der Waals surface area (Å²) in [6.45, 7) is 6.20. The highest BCUT2D eigenvalue weighted by atomic mass is 16.5. The number of anilines is 1. The summed E-state index contributed by atoms with van der Waals surface area (Å²) in [5.74, 6) is 0.851. The molecule has 0 fully saturated rings. The molecule has 146 valence electrons. The molecule has 0 unspecified atom stereocenters. The van der Waals surface area contributed by atoms with E-state index in [9.17, 15) is 4.79 Å². The minimum absolute atomic E-state index is 0.113. The second-order valence-corrected chi connectivity index (χ2v) is 6.26. The van der Waals surface area contributed by atoms with Crippen molar-refractivity contribution in [2.24, 2.45) is 0 Å². The van der Waals surface area contributed by atoms with Gasteiger partial charge in [-0.2, -0.15) is 0 Å². The summed E-state index contributed by atoms with van der Waals surface area (Å²) in [6, 6.07) is 9.00. The fourth-order valence-corrected chi connectivity index (χ4v) is 2.77. The van der Waals surface area contributed by atoms with Gasteiger partial charge in [0.2, 0.25) is 5.88 Å². The summed E-state index contributed by atoms with van der Waals surface area (Å²) in [4.78, 5) is 22.0. The van der Waals surface area contributed by atoms with Crippen LogP contribution in [0.4, 0.5) is 5.69 Å². The molecule has 1 heterocycles. The average Bonchev–Trinajstić information content (AvgIpc) is 2.68. The molecule has 0 saturated heterocycles. The van der Waals surface area contributed by atoms with Crippen molar-refractivity contribution in [3.8, 4) is 17.4 Å². The lowest BCUT2D eigenvalue weighted by Gasteiger charge is -2.14. The van der Waals surface area contributed by atoms with Crippen LogP contribution in [-0.2, 0) is 0 Å². The second kappa shape index (κ2) is 8.12. The van der Waals surface area contributed by atoms with Gasteiger partial charge in [-0.15, -0.1) is 0 Å². The number of aryl methyl sites for hydroxylation is 2. The zero-order valence-electron chi connectivity index (χ0n) is 16.6. The number of rotatable bonds is 6. The molecule has 0 aliphatic rings. The van der Waals surface area contributed by atoms with Crippen LogP contribution in [0.15, 0.2) is 30.3 Å². The van der Waals surface area contributed by atoms with Crippen molar-refractivity contribution < 1.29 is 19.0 Å². The smallest absolute Gasteiger partial charge is 0.280 e. The molecule has 7 heteroatoms. The van der Waals surface area contributed by atoms with Gasteiger partial charge in [-0.25, -0.2) is 9.97 Å². The molecule has 28 heavy (non-hydrogen) atoms. The number of hydrogen-bond acceptors (Lipinski definition) is 6. The van der Waals surface area contributed by atoms with Gasteiger partial charge in [-0.1, -0.05) is 0 Å². The van der Waals surface area contributed by atoms with Crippen molar-refractivity contribution >= 4 is 22.6 Å². The third-order valence-electron chi connectivity index (χ3n) is 4.40. The van der Waals surface area contributed by atoms with Crippen LogP contribution in [0.5, 0.6) is 17.4 Å². The number of carbonyl (C=O) groups is 1. The van der Waals surface area contributed by atoms with Gasteiger partial charge >= 0.3 is 0 Å². The maximum atomic E-state index is 13.0. The Morgan fingerprint density at radius 3 is 2.29 bits per heavy atom. The number of hydrogen-bond donors (Lipinski definition) is 1. The molecule has 7 nitrogen and oxygen atoms in total. The first-order chi connectivity index (χ1) is 13.5. The Balaban J connectivity index is 2.05. The zero-order chi connectivity index (χ0) is 20.3.